The third-order valence-electron chi connectivity index (χ3n) is 4.06. The lowest BCUT2D eigenvalue weighted by atomic mass is 10.1. The van der Waals surface area contributed by atoms with Crippen LogP contribution in [0.2, 0.25) is 0 Å². The van der Waals surface area contributed by atoms with Gasteiger partial charge in [-0.15, -0.1) is 0 Å². The molecule has 1 fully saturated rings. The second kappa shape index (κ2) is 7.98. The number of aryl methyl sites for hydroxylation is 1. The third-order valence-corrected chi connectivity index (χ3v) is 4.56. The van der Waals surface area contributed by atoms with Crippen LogP contribution >= 0.6 is 15.9 Å². The van der Waals surface area contributed by atoms with E-state index in [1.165, 1.54) is 6.08 Å². The topological polar surface area (TPSA) is 75.7 Å². The molecule has 1 N–H and O–H groups in total. The van der Waals surface area contributed by atoms with Crippen molar-refractivity contribution in [3.05, 3.63) is 63.6 Å². The fourth-order valence-electron chi connectivity index (χ4n) is 2.83. The Hall–Kier alpha value is -2.93. The van der Waals surface area contributed by atoms with E-state index in [-0.39, 0.29) is 11.7 Å². The predicted octanol–water partition coefficient (Wildman–Crippen LogP) is 4.21. The van der Waals surface area contributed by atoms with Gasteiger partial charge in [-0.05, 0) is 68.3 Å². The summed E-state index contributed by atoms with van der Waals surface area (Å²) in [5.74, 6) is -0.691. The molecule has 0 radical (unpaired) electrons. The molecule has 1 aliphatic heterocycles. The standard InChI is InChI=1S/C21H19BrN2O4/c1-12(2)28-16-7-4-14(5-8-16)11-17-19(25)23-21(27)24(20(17)26)18-9-6-15(22)10-13(18)3/h4-12H,1-3H3,(H,23,25,27)/b17-11-. The first kappa shape index (κ1) is 19.8. The Labute approximate surface area is 171 Å². The van der Waals surface area contributed by atoms with Crippen LogP contribution in [0.25, 0.3) is 6.08 Å². The highest BCUT2D eigenvalue weighted by atomic mass is 79.9. The molecule has 1 heterocycles. The molecule has 0 saturated carbocycles. The van der Waals surface area contributed by atoms with E-state index in [2.05, 4.69) is 21.2 Å². The first-order valence-electron chi connectivity index (χ1n) is 8.70. The fraction of sp³-hybridized carbons (Fsp3) is 0.190. The van der Waals surface area contributed by atoms with Crippen molar-refractivity contribution in [2.75, 3.05) is 4.90 Å². The molecule has 0 aliphatic carbocycles. The smallest absolute Gasteiger partial charge is 0.335 e. The second-order valence-corrected chi connectivity index (χ2v) is 7.54. The summed E-state index contributed by atoms with van der Waals surface area (Å²) in [6, 6.07) is 11.4. The Morgan fingerprint density at radius 1 is 1.07 bits per heavy atom. The van der Waals surface area contributed by atoms with Crippen molar-refractivity contribution >= 4 is 45.5 Å². The number of hydrogen-bond donors (Lipinski definition) is 1. The molecule has 1 aliphatic rings. The van der Waals surface area contributed by atoms with Gasteiger partial charge in [-0.3, -0.25) is 14.9 Å². The number of urea groups is 1. The molecule has 0 bridgehead atoms. The Balaban J connectivity index is 1.94. The number of carbonyl (C=O) groups is 3. The van der Waals surface area contributed by atoms with Crippen molar-refractivity contribution in [1.29, 1.82) is 0 Å². The van der Waals surface area contributed by atoms with Crippen molar-refractivity contribution in [3.63, 3.8) is 0 Å². The predicted molar refractivity (Wildman–Crippen MR) is 110 cm³/mol. The fourth-order valence-corrected chi connectivity index (χ4v) is 3.30. The van der Waals surface area contributed by atoms with Gasteiger partial charge in [-0.1, -0.05) is 28.1 Å². The van der Waals surface area contributed by atoms with Crippen molar-refractivity contribution in [2.24, 2.45) is 0 Å². The molecular weight excluding hydrogens is 424 g/mol. The number of nitrogens with one attached hydrogen (secondary N) is 1. The van der Waals surface area contributed by atoms with E-state index in [1.807, 2.05) is 13.8 Å². The zero-order chi connectivity index (χ0) is 20.4. The van der Waals surface area contributed by atoms with Crippen molar-refractivity contribution < 1.29 is 19.1 Å². The molecule has 1 saturated heterocycles. The van der Waals surface area contributed by atoms with E-state index in [9.17, 15) is 14.4 Å². The number of ether oxygens (including phenoxy) is 1. The largest absolute Gasteiger partial charge is 0.491 e. The van der Waals surface area contributed by atoms with E-state index in [0.29, 0.717) is 17.0 Å². The quantitative estimate of drug-likeness (QED) is 0.568. The van der Waals surface area contributed by atoms with Crippen LogP contribution in [0.1, 0.15) is 25.0 Å². The normalized spacial score (nSPS) is 16.0. The molecule has 7 heteroatoms. The number of halogens is 1. The maximum Gasteiger partial charge on any atom is 0.335 e. The minimum Gasteiger partial charge on any atom is -0.491 e. The monoisotopic (exact) mass is 442 g/mol. The minimum atomic E-state index is -0.766. The van der Waals surface area contributed by atoms with Crippen LogP contribution in [0.15, 0.2) is 52.5 Å². The molecule has 0 aromatic heterocycles. The Bertz CT molecular complexity index is 980. The number of nitrogens with zero attached hydrogens (tertiary/aromatic N) is 1. The van der Waals surface area contributed by atoms with Crippen LogP contribution in [0.4, 0.5) is 10.5 Å². The molecule has 3 rings (SSSR count). The molecule has 0 atom stereocenters. The van der Waals surface area contributed by atoms with Crippen LogP contribution in [0.3, 0.4) is 0 Å². The molecule has 2 aromatic rings. The van der Waals surface area contributed by atoms with Gasteiger partial charge in [0.2, 0.25) is 0 Å². The number of hydrogen-bond acceptors (Lipinski definition) is 4. The van der Waals surface area contributed by atoms with Gasteiger partial charge in [0.1, 0.15) is 11.3 Å². The van der Waals surface area contributed by atoms with Gasteiger partial charge >= 0.3 is 6.03 Å². The van der Waals surface area contributed by atoms with E-state index in [1.54, 1.807) is 49.4 Å². The average molecular weight is 443 g/mol. The molecule has 6 nitrogen and oxygen atoms in total. The Morgan fingerprint density at radius 3 is 2.36 bits per heavy atom. The number of carbonyl (C=O) groups excluding carboxylic acids is 3. The first-order chi connectivity index (χ1) is 13.3. The second-order valence-electron chi connectivity index (χ2n) is 6.62. The summed E-state index contributed by atoms with van der Waals surface area (Å²) in [6.45, 7) is 5.64. The molecular formula is C21H19BrN2O4. The Morgan fingerprint density at radius 2 is 1.75 bits per heavy atom. The van der Waals surface area contributed by atoms with Crippen LogP contribution in [-0.4, -0.2) is 23.9 Å². The van der Waals surface area contributed by atoms with Gasteiger partial charge in [-0.2, -0.15) is 0 Å². The highest BCUT2D eigenvalue weighted by Crippen LogP contribution is 2.27. The molecule has 0 spiro atoms. The van der Waals surface area contributed by atoms with Crippen LogP contribution in [-0.2, 0) is 9.59 Å². The summed E-state index contributed by atoms with van der Waals surface area (Å²) in [5, 5.41) is 2.23. The minimum absolute atomic E-state index is 0.0450. The van der Waals surface area contributed by atoms with E-state index < -0.39 is 17.8 Å². The number of benzene rings is 2. The summed E-state index contributed by atoms with van der Waals surface area (Å²) in [6.07, 6.45) is 1.51. The first-order valence-corrected chi connectivity index (χ1v) is 9.50. The van der Waals surface area contributed by atoms with Gasteiger partial charge in [0.05, 0.1) is 11.8 Å². The van der Waals surface area contributed by atoms with Gasteiger partial charge in [-0.25, -0.2) is 9.69 Å². The summed E-state index contributed by atoms with van der Waals surface area (Å²) in [5.41, 5.74) is 1.68. The van der Waals surface area contributed by atoms with Crippen molar-refractivity contribution in [3.8, 4) is 5.75 Å². The number of amides is 4. The van der Waals surface area contributed by atoms with E-state index in [4.69, 9.17) is 4.74 Å². The summed E-state index contributed by atoms with van der Waals surface area (Å²) in [7, 11) is 0. The summed E-state index contributed by atoms with van der Waals surface area (Å²) >= 11 is 3.36. The molecule has 144 valence electrons. The number of anilines is 1. The zero-order valence-electron chi connectivity index (χ0n) is 15.7. The van der Waals surface area contributed by atoms with Crippen molar-refractivity contribution in [1.82, 2.24) is 5.32 Å². The molecule has 2 aromatic carbocycles. The highest BCUT2D eigenvalue weighted by Gasteiger charge is 2.37. The average Bonchev–Trinajstić information content (AvgIpc) is 2.61. The number of barbiturate groups is 1. The lowest BCUT2D eigenvalue weighted by Gasteiger charge is -2.27. The lowest BCUT2D eigenvalue weighted by Crippen LogP contribution is -2.54. The van der Waals surface area contributed by atoms with Gasteiger partial charge in [0.25, 0.3) is 11.8 Å². The summed E-state index contributed by atoms with van der Waals surface area (Å²) in [4.78, 5) is 38.5. The third kappa shape index (κ3) is 4.14. The maximum absolute atomic E-state index is 12.9. The van der Waals surface area contributed by atoms with Crippen LogP contribution in [0, 0.1) is 6.92 Å². The lowest BCUT2D eigenvalue weighted by molar-refractivity contribution is -0.122. The summed E-state index contributed by atoms with van der Waals surface area (Å²) < 4.78 is 6.42. The zero-order valence-corrected chi connectivity index (χ0v) is 17.2. The van der Waals surface area contributed by atoms with Gasteiger partial charge in [0.15, 0.2) is 0 Å². The molecule has 28 heavy (non-hydrogen) atoms. The van der Waals surface area contributed by atoms with E-state index in [0.717, 1.165) is 14.9 Å². The van der Waals surface area contributed by atoms with Crippen LogP contribution < -0.4 is 15.0 Å². The highest BCUT2D eigenvalue weighted by molar-refractivity contribution is 9.10. The number of rotatable bonds is 4. The molecule has 4 amide bonds. The maximum atomic E-state index is 12.9. The van der Waals surface area contributed by atoms with Crippen molar-refractivity contribution in [2.45, 2.75) is 26.9 Å². The van der Waals surface area contributed by atoms with Crippen LogP contribution in [0.5, 0.6) is 5.75 Å². The van der Waals surface area contributed by atoms with E-state index >= 15 is 0 Å². The van der Waals surface area contributed by atoms with Gasteiger partial charge in [0, 0.05) is 4.47 Å². The molecule has 0 unspecified atom stereocenters. The SMILES string of the molecule is Cc1cc(Br)ccc1N1C(=O)NC(=O)/C(=C/c2ccc(OC(C)C)cc2)C1=O. The van der Waals surface area contributed by atoms with Gasteiger partial charge < -0.3 is 4.74 Å². The number of imide groups is 2. The Kier molecular flexibility index (Phi) is 5.65.